The van der Waals surface area contributed by atoms with Gasteiger partial charge in [0.15, 0.2) is 0 Å². The van der Waals surface area contributed by atoms with Gasteiger partial charge in [0, 0.05) is 6.20 Å². The van der Waals surface area contributed by atoms with Gasteiger partial charge in [-0.25, -0.2) is 14.5 Å². The molecule has 2 aromatic heterocycles. The van der Waals surface area contributed by atoms with Crippen LogP contribution < -0.4 is 0 Å². The van der Waals surface area contributed by atoms with Gasteiger partial charge in [0.05, 0.1) is 28.6 Å². The van der Waals surface area contributed by atoms with Crippen LogP contribution in [0.2, 0.25) is 0 Å². The van der Waals surface area contributed by atoms with Crippen LogP contribution in [0.15, 0.2) is 36.7 Å². The first-order chi connectivity index (χ1) is 9.28. The van der Waals surface area contributed by atoms with E-state index in [1.807, 2.05) is 24.3 Å². The van der Waals surface area contributed by atoms with E-state index in [2.05, 4.69) is 10.1 Å². The summed E-state index contributed by atoms with van der Waals surface area (Å²) >= 11 is 1.53. The van der Waals surface area contributed by atoms with E-state index in [1.54, 1.807) is 17.8 Å². The lowest BCUT2D eigenvalue weighted by Gasteiger charge is -1.96. The summed E-state index contributed by atoms with van der Waals surface area (Å²) in [5, 5.41) is 4.88. The minimum atomic E-state index is -0.366. The Morgan fingerprint density at radius 3 is 3.05 bits per heavy atom. The number of ether oxygens (including phenoxy) is 1. The quantitative estimate of drug-likeness (QED) is 0.688. The molecule has 0 spiro atoms. The summed E-state index contributed by atoms with van der Waals surface area (Å²) in [6, 6.07) is 7.87. The number of fused-ring (bicyclic) bond motifs is 1. The summed E-state index contributed by atoms with van der Waals surface area (Å²) in [6.07, 6.45) is 3.12. The Hall–Kier alpha value is -2.21. The topological polar surface area (TPSA) is 57.0 Å². The first-order valence-corrected chi connectivity index (χ1v) is 6.67. The van der Waals surface area contributed by atoms with Gasteiger partial charge >= 0.3 is 5.97 Å². The number of hydrogen-bond acceptors (Lipinski definition) is 5. The number of benzene rings is 1. The van der Waals surface area contributed by atoms with E-state index < -0.39 is 0 Å². The Morgan fingerprint density at radius 1 is 1.42 bits per heavy atom. The molecule has 0 aliphatic heterocycles. The Bertz CT molecular complexity index is 699. The summed E-state index contributed by atoms with van der Waals surface area (Å²) < 4.78 is 7.61. The van der Waals surface area contributed by atoms with Crippen molar-refractivity contribution in [1.82, 2.24) is 14.8 Å². The average Bonchev–Trinajstić information content (AvgIpc) is 3.05. The van der Waals surface area contributed by atoms with Crippen LogP contribution in [0, 0.1) is 0 Å². The molecular formula is C13H11N3O2S. The van der Waals surface area contributed by atoms with Crippen LogP contribution in [0.25, 0.3) is 15.3 Å². The van der Waals surface area contributed by atoms with Gasteiger partial charge in [0.1, 0.15) is 0 Å². The maximum atomic E-state index is 11.6. The molecule has 19 heavy (non-hydrogen) atoms. The molecule has 3 rings (SSSR count). The highest BCUT2D eigenvalue weighted by Crippen LogP contribution is 2.24. The van der Waals surface area contributed by atoms with Gasteiger partial charge in [-0.15, -0.1) is 0 Å². The first kappa shape index (κ1) is 11.9. The molecule has 0 atom stereocenters. The summed E-state index contributed by atoms with van der Waals surface area (Å²) in [4.78, 5) is 16.0. The van der Waals surface area contributed by atoms with Gasteiger partial charge in [-0.1, -0.05) is 23.5 Å². The van der Waals surface area contributed by atoms with Crippen molar-refractivity contribution in [3.63, 3.8) is 0 Å². The highest BCUT2D eigenvalue weighted by Gasteiger charge is 2.12. The lowest BCUT2D eigenvalue weighted by molar-refractivity contribution is 0.0526. The highest BCUT2D eigenvalue weighted by atomic mass is 32.1. The fourth-order valence-electron chi connectivity index (χ4n) is 1.71. The van der Waals surface area contributed by atoms with Crippen molar-refractivity contribution >= 4 is 27.5 Å². The van der Waals surface area contributed by atoms with E-state index in [1.165, 1.54) is 17.5 Å². The number of nitrogens with zero attached hydrogens (tertiary/aromatic N) is 3. The molecule has 96 valence electrons. The highest BCUT2D eigenvalue weighted by molar-refractivity contribution is 7.20. The fourth-order valence-corrected chi connectivity index (χ4v) is 2.60. The van der Waals surface area contributed by atoms with E-state index in [0.29, 0.717) is 12.2 Å². The van der Waals surface area contributed by atoms with Crippen LogP contribution in [-0.2, 0) is 4.74 Å². The minimum absolute atomic E-state index is 0.352. The van der Waals surface area contributed by atoms with Gasteiger partial charge in [0.25, 0.3) is 0 Å². The first-order valence-electron chi connectivity index (χ1n) is 5.85. The van der Waals surface area contributed by atoms with Crippen molar-refractivity contribution in [2.75, 3.05) is 6.61 Å². The van der Waals surface area contributed by atoms with Crippen molar-refractivity contribution < 1.29 is 9.53 Å². The monoisotopic (exact) mass is 273 g/mol. The van der Waals surface area contributed by atoms with E-state index in [-0.39, 0.29) is 5.97 Å². The molecule has 3 aromatic rings. The third kappa shape index (κ3) is 2.22. The number of thiazole rings is 1. The molecule has 0 N–H and O–H groups in total. The van der Waals surface area contributed by atoms with Gasteiger partial charge in [-0.05, 0) is 19.1 Å². The molecule has 0 fully saturated rings. The SMILES string of the molecule is CCOC(=O)c1cnn(-c2nc3ccccc3s2)c1. The van der Waals surface area contributed by atoms with Crippen LogP contribution >= 0.6 is 11.3 Å². The van der Waals surface area contributed by atoms with Gasteiger partial charge in [0.2, 0.25) is 5.13 Å². The molecule has 0 radical (unpaired) electrons. The van der Waals surface area contributed by atoms with Crippen molar-refractivity contribution in [2.45, 2.75) is 6.92 Å². The van der Waals surface area contributed by atoms with Crippen LogP contribution in [0.1, 0.15) is 17.3 Å². The smallest absolute Gasteiger partial charge is 0.341 e. The zero-order valence-corrected chi connectivity index (χ0v) is 11.1. The molecule has 0 amide bonds. The molecule has 0 aliphatic carbocycles. The Kier molecular flexibility index (Phi) is 3.00. The van der Waals surface area contributed by atoms with E-state index in [0.717, 1.165) is 15.3 Å². The number of carbonyl (C=O) groups excluding carboxylic acids is 1. The van der Waals surface area contributed by atoms with Crippen molar-refractivity contribution in [1.29, 1.82) is 0 Å². The third-order valence-electron chi connectivity index (χ3n) is 2.57. The molecule has 2 heterocycles. The second-order valence-corrected chi connectivity index (χ2v) is 4.87. The van der Waals surface area contributed by atoms with Crippen LogP contribution in [0.3, 0.4) is 0 Å². The number of carbonyl (C=O) groups is 1. The summed E-state index contributed by atoms with van der Waals surface area (Å²) in [6.45, 7) is 2.13. The molecule has 0 saturated heterocycles. The molecule has 5 nitrogen and oxygen atoms in total. The zero-order valence-electron chi connectivity index (χ0n) is 10.2. The maximum Gasteiger partial charge on any atom is 0.341 e. The second-order valence-electron chi connectivity index (χ2n) is 3.86. The number of aromatic nitrogens is 3. The Balaban J connectivity index is 1.96. The second kappa shape index (κ2) is 4.81. The molecule has 6 heteroatoms. The van der Waals surface area contributed by atoms with Gasteiger partial charge in [-0.3, -0.25) is 0 Å². The largest absolute Gasteiger partial charge is 0.462 e. The van der Waals surface area contributed by atoms with Gasteiger partial charge in [-0.2, -0.15) is 5.10 Å². The van der Waals surface area contributed by atoms with E-state index >= 15 is 0 Å². The maximum absolute atomic E-state index is 11.6. The Morgan fingerprint density at radius 2 is 2.26 bits per heavy atom. The molecule has 1 aromatic carbocycles. The lowest BCUT2D eigenvalue weighted by Crippen LogP contribution is -2.03. The van der Waals surface area contributed by atoms with Crippen molar-refractivity contribution in [3.05, 3.63) is 42.2 Å². The fraction of sp³-hybridized carbons (Fsp3) is 0.154. The zero-order chi connectivity index (χ0) is 13.2. The van der Waals surface area contributed by atoms with Gasteiger partial charge < -0.3 is 4.74 Å². The van der Waals surface area contributed by atoms with E-state index in [4.69, 9.17) is 4.74 Å². The third-order valence-corrected chi connectivity index (χ3v) is 3.60. The van der Waals surface area contributed by atoms with Crippen molar-refractivity contribution in [2.24, 2.45) is 0 Å². The lowest BCUT2D eigenvalue weighted by atomic mass is 10.3. The van der Waals surface area contributed by atoms with E-state index in [9.17, 15) is 4.79 Å². The van der Waals surface area contributed by atoms with Crippen LogP contribution in [0.4, 0.5) is 0 Å². The molecule has 0 saturated carbocycles. The normalized spacial score (nSPS) is 10.8. The minimum Gasteiger partial charge on any atom is -0.462 e. The van der Waals surface area contributed by atoms with Crippen LogP contribution in [0.5, 0.6) is 0 Å². The summed E-state index contributed by atoms with van der Waals surface area (Å²) in [7, 11) is 0. The Labute approximate surface area is 113 Å². The predicted molar refractivity (Wildman–Crippen MR) is 72.7 cm³/mol. The number of hydrogen-bond donors (Lipinski definition) is 0. The summed E-state index contributed by atoms with van der Waals surface area (Å²) in [5.74, 6) is -0.366. The number of esters is 1. The van der Waals surface area contributed by atoms with Crippen molar-refractivity contribution in [3.8, 4) is 5.13 Å². The van der Waals surface area contributed by atoms with Crippen LogP contribution in [-0.4, -0.2) is 27.3 Å². The summed E-state index contributed by atoms with van der Waals surface area (Å²) in [5.41, 5.74) is 1.36. The number of para-hydroxylation sites is 1. The molecule has 0 aliphatic rings. The molecule has 0 unspecified atom stereocenters. The average molecular weight is 273 g/mol. The predicted octanol–water partition coefficient (Wildman–Crippen LogP) is 2.66. The standard InChI is InChI=1S/C13H11N3O2S/c1-2-18-12(17)9-7-14-16(8-9)13-15-10-5-3-4-6-11(10)19-13/h3-8H,2H2,1H3. The molecular weight excluding hydrogens is 262 g/mol. The molecule has 0 bridgehead atoms. The number of rotatable bonds is 3.